The summed E-state index contributed by atoms with van der Waals surface area (Å²) in [7, 11) is 1.38. The lowest BCUT2D eigenvalue weighted by atomic mass is 9.93. The number of hydrogen-bond acceptors (Lipinski definition) is 3. The molecule has 1 aromatic carbocycles. The van der Waals surface area contributed by atoms with Gasteiger partial charge in [-0.15, -0.1) is 0 Å². The van der Waals surface area contributed by atoms with Crippen molar-refractivity contribution >= 4 is 21.9 Å². The summed E-state index contributed by atoms with van der Waals surface area (Å²) in [5.74, 6) is 0.521. The standard InChI is InChI=1S/C13H15BrO3/c1-13(2)5-4-8-6-9(12(15)16-3)7-10(14)11(8)17-13/h6-7H,4-5H2,1-3H3. The molecule has 3 nitrogen and oxygen atoms in total. The minimum atomic E-state index is -0.321. The van der Waals surface area contributed by atoms with E-state index in [0.717, 1.165) is 28.6 Å². The van der Waals surface area contributed by atoms with Gasteiger partial charge in [-0.05, 0) is 60.3 Å². The fourth-order valence-corrected chi connectivity index (χ4v) is 2.53. The van der Waals surface area contributed by atoms with Gasteiger partial charge in [0.1, 0.15) is 11.4 Å². The molecule has 0 fully saturated rings. The first-order valence-corrected chi connectivity index (χ1v) is 6.32. The van der Waals surface area contributed by atoms with Crippen LogP contribution in [0.3, 0.4) is 0 Å². The zero-order valence-corrected chi connectivity index (χ0v) is 11.8. The third kappa shape index (κ3) is 2.46. The summed E-state index contributed by atoms with van der Waals surface area (Å²) < 4.78 is 11.5. The van der Waals surface area contributed by atoms with E-state index in [0.29, 0.717) is 5.56 Å². The Kier molecular flexibility index (Phi) is 3.17. The van der Waals surface area contributed by atoms with Gasteiger partial charge >= 0.3 is 5.97 Å². The maximum absolute atomic E-state index is 11.5. The van der Waals surface area contributed by atoms with Gasteiger partial charge in [0.15, 0.2) is 0 Å². The molecule has 0 amide bonds. The van der Waals surface area contributed by atoms with Crippen LogP contribution in [0, 0.1) is 0 Å². The molecule has 0 spiro atoms. The van der Waals surface area contributed by atoms with Crippen LogP contribution in [0.2, 0.25) is 0 Å². The Morgan fingerprint density at radius 1 is 1.47 bits per heavy atom. The normalized spacial score (nSPS) is 16.9. The summed E-state index contributed by atoms with van der Waals surface area (Å²) in [6.45, 7) is 4.13. The van der Waals surface area contributed by atoms with E-state index in [1.165, 1.54) is 7.11 Å². The molecule has 0 aromatic heterocycles. The molecule has 0 unspecified atom stereocenters. The van der Waals surface area contributed by atoms with Crippen LogP contribution in [0.5, 0.6) is 5.75 Å². The molecule has 1 aliphatic heterocycles. The fraction of sp³-hybridized carbons (Fsp3) is 0.462. The second kappa shape index (κ2) is 4.33. The van der Waals surface area contributed by atoms with E-state index in [-0.39, 0.29) is 11.6 Å². The van der Waals surface area contributed by atoms with Crippen LogP contribution in [0.15, 0.2) is 16.6 Å². The number of aryl methyl sites for hydroxylation is 1. The van der Waals surface area contributed by atoms with Crippen molar-refractivity contribution in [3.63, 3.8) is 0 Å². The Morgan fingerprint density at radius 2 is 2.18 bits per heavy atom. The van der Waals surface area contributed by atoms with Crippen LogP contribution >= 0.6 is 15.9 Å². The molecule has 1 aliphatic rings. The largest absolute Gasteiger partial charge is 0.486 e. The molecule has 0 radical (unpaired) electrons. The molecule has 1 aromatic rings. The van der Waals surface area contributed by atoms with Crippen LogP contribution in [0.4, 0.5) is 0 Å². The summed E-state index contributed by atoms with van der Waals surface area (Å²) in [4.78, 5) is 11.5. The number of ether oxygens (including phenoxy) is 2. The van der Waals surface area contributed by atoms with Gasteiger partial charge in [0, 0.05) is 0 Å². The van der Waals surface area contributed by atoms with Crippen LogP contribution in [0.1, 0.15) is 36.2 Å². The first-order valence-electron chi connectivity index (χ1n) is 5.53. The lowest BCUT2D eigenvalue weighted by Crippen LogP contribution is -2.32. The quantitative estimate of drug-likeness (QED) is 0.746. The van der Waals surface area contributed by atoms with Crippen LogP contribution < -0.4 is 4.74 Å². The van der Waals surface area contributed by atoms with Gasteiger partial charge < -0.3 is 9.47 Å². The summed E-state index contributed by atoms with van der Waals surface area (Å²) in [5.41, 5.74) is 1.46. The molecule has 0 saturated carbocycles. The van der Waals surface area contributed by atoms with Crippen LogP contribution in [-0.4, -0.2) is 18.7 Å². The number of rotatable bonds is 1. The third-order valence-electron chi connectivity index (χ3n) is 2.92. The number of fused-ring (bicyclic) bond motifs is 1. The molecule has 4 heteroatoms. The van der Waals surface area contributed by atoms with Crippen molar-refractivity contribution in [3.8, 4) is 5.75 Å². The molecular weight excluding hydrogens is 284 g/mol. The highest BCUT2D eigenvalue weighted by atomic mass is 79.9. The Morgan fingerprint density at radius 3 is 2.82 bits per heavy atom. The zero-order chi connectivity index (χ0) is 12.6. The molecule has 0 aliphatic carbocycles. The van der Waals surface area contributed by atoms with Gasteiger partial charge in [-0.2, -0.15) is 0 Å². The van der Waals surface area contributed by atoms with Crippen LogP contribution in [-0.2, 0) is 11.2 Å². The summed E-state index contributed by atoms with van der Waals surface area (Å²) in [5, 5.41) is 0. The van der Waals surface area contributed by atoms with Crippen molar-refractivity contribution in [1.29, 1.82) is 0 Å². The predicted molar refractivity (Wildman–Crippen MR) is 68.5 cm³/mol. The average molecular weight is 299 g/mol. The van der Waals surface area contributed by atoms with Crippen molar-refractivity contribution in [1.82, 2.24) is 0 Å². The molecule has 1 heterocycles. The Balaban J connectivity index is 2.43. The highest BCUT2D eigenvalue weighted by Crippen LogP contribution is 2.39. The minimum absolute atomic E-state index is 0.150. The molecular formula is C13H15BrO3. The first-order chi connectivity index (χ1) is 7.93. The molecule has 0 saturated heterocycles. The number of esters is 1. The van der Waals surface area contributed by atoms with Gasteiger partial charge in [-0.25, -0.2) is 4.79 Å². The van der Waals surface area contributed by atoms with E-state index in [2.05, 4.69) is 29.8 Å². The van der Waals surface area contributed by atoms with Gasteiger partial charge in [0.25, 0.3) is 0 Å². The topological polar surface area (TPSA) is 35.5 Å². The van der Waals surface area contributed by atoms with Gasteiger partial charge in [-0.3, -0.25) is 0 Å². The Labute approximate surface area is 109 Å². The SMILES string of the molecule is COC(=O)c1cc(Br)c2c(c1)CCC(C)(C)O2. The number of carbonyl (C=O) groups excluding carboxylic acids is 1. The maximum Gasteiger partial charge on any atom is 0.337 e. The van der Waals surface area contributed by atoms with E-state index in [4.69, 9.17) is 9.47 Å². The molecule has 2 rings (SSSR count). The third-order valence-corrected chi connectivity index (χ3v) is 3.51. The van der Waals surface area contributed by atoms with E-state index in [1.54, 1.807) is 6.07 Å². The molecule has 0 atom stereocenters. The number of carbonyl (C=O) groups is 1. The first kappa shape index (κ1) is 12.4. The second-order valence-electron chi connectivity index (χ2n) is 4.80. The lowest BCUT2D eigenvalue weighted by Gasteiger charge is -2.33. The summed E-state index contributed by atoms with van der Waals surface area (Å²) in [6, 6.07) is 3.59. The molecule has 17 heavy (non-hydrogen) atoms. The van der Waals surface area contributed by atoms with Crippen molar-refractivity contribution in [2.75, 3.05) is 7.11 Å². The maximum atomic E-state index is 11.5. The highest BCUT2D eigenvalue weighted by Gasteiger charge is 2.29. The van der Waals surface area contributed by atoms with Gasteiger partial charge in [-0.1, -0.05) is 0 Å². The van der Waals surface area contributed by atoms with Crippen molar-refractivity contribution in [2.24, 2.45) is 0 Å². The van der Waals surface area contributed by atoms with Crippen molar-refractivity contribution in [3.05, 3.63) is 27.7 Å². The van der Waals surface area contributed by atoms with E-state index in [9.17, 15) is 4.79 Å². The fourth-order valence-electron chi connectivity index (χ4n) is 1.95. The van der Waals surface area contributed by atoms with Crippen molar-refractivity contribution < 1.29 is 14.3 Å². The Hall–Kier alpha value is -1.03. The predicted octanol–water partition coefficient (Wildman–Crippen LogP) is 3.34. The van der Waals surface area contributed by atoms with Gasteiger partial charge in [0.2, 0.25) is 0 Å². The zero-order valence-electron chi connectivity index (χ0n) is 10.2. The lowest BCUT2D eigenvalue weighted by molar-refractivity contribution is 0.0599. The van der Waals surface area contributed by atoms with E-state index < -0.39 is 0 Å². The number of halogens is 1. The monoisotopic (exact) mass is 298 g/mol. The number of methoxy groups -OCH3 is 1. The smallest absolute Gasteiger partial charge is 0.337 e. The van der Waals surface area contributed by atoms with Crippen molar-refractivity contribution in [2.45, 2.75) is 32.3 Å². The summed E-state index contributed by atoms with van der Waals surface area (Å²) >= 11 is 3.45. The second-order valence-corrected chi connectivity index (χ2v) is 5.65. The number of hydrogen-bond donors (Lipinski definition) is 0. The van der Waals surface area contributed by atoms with Gasteiger partial charge in [0.05, 0.1) is 17.1 Å². The van der Waals surface area contributed by atoms with E-state index in [1.807, 2.05) is 6.07 Å². The molecule has 92 valence electrons. The van der Waals surface area contributed by atoms with Crippen LogP contribution in [0.25, 0.3) is 0 Å². The average Bonchev–Trinajstić information content (AvgIpc) is 2.28. The summed E-state index contributed by atoms with van der Waals surface area (Å²) in [6.07, 6.45) is 1.85. The minimum Gasteiger partial charge on any atom is -0.486 e. The number of benzene rings is 1. The highest BCUT2D eigenvalue weighted by molar-refractivity contribution is 9.10. The molecule has 0 bridgehead atoms. The Bertz CT molecular complexity index is 466. The molecule has 0 N–H and O–H groups in total. The van der Waals surface area contributed by atoms with E-state index >= 15 is 0 Å².